The fourth-order valence-corrected chi connectivity index (χ4v) is 7.99. The lowest BCUT2D eigenvalue weighted by Crippen LogP contribution is -2.56. The standard InChI is InChI=1S/C23H36O/c1-6-15-7-9-17-16-8-10-19-21(2,3)20(24)12-14-23(19,5)18(16)11-13-22(15,17)4/h8,10,15-19H,6-7,9,11-14H2,1-5H3/t15-,16?,17?,18?,19?,22+,23+/m0/s1. The van der Waals surface area contributed by atoms with Crippen molar-refractivity contribution in [3.63, 3.8) is 0 Å². The van der Waals surface area contributed by atoms with Gasteiger partial charge in [0.15, 0.2) is 0 Å². The molecular formula is C23H36O. The van der Waals surface area contributed by atoms with Crippen molar-refractivity contribution < 1.29 is 4.79 Å². The minimum atomic E-state index is -0.170. The monoisotopic (exact) mass is 328 g/mol. The molecule has 4 aliphatic carbocycles. The van der Waals surface area contributed by atoms with Crippen molar-refractivity contribution in [1.29, 1.82) is 0 Å². The normalized spacial score (nSPS) is 52.5. The van der Waals surface area contributed by atoms with E-state index in [-0.39, 0.29) is 5.41 Å². The number of carbonyl (C=O) groups is 1. The summed E-state index contributed by atoms with van der Waals surface area (Å²) in [6.07, 6.45) is 14.0. The van der Waals surface area contributed by atoms with E-state index in [0.717, 1.165) is 36.5 Å². The van der Waals surface area contributed by atoms with Crippen molar-refractivity contribution in [2.45, 2.75) is 79.6 Å². The average Bonchev–Trinajstić information content (AvgIpc) is 2.88. The van der Waals surface area contributed by atoms with Gasteiger partial charge in [-0.2, -0.15) is 0 Å². The zero-order chi connectivity index (χ0) is 17.3. The second-order valence-corrected chi connectivity index (χ2v) is 10.5. The molecular weight excluding hydrogens is 292 g/mol. The number of carbonyl (C=O) groups excluding carboxylic acids is 1. The Labute approximate surface area is 148 Å². The van der Waals surface area contributed by atoms with Gasteiger partial charge < -0.3 is 0 Å². The molecule has 4 unspecified atom stereocenters. The van der Waals surface area contributed by atoms with Crippen LogP contribution in [0.5, 0.6) is 0 Å². The van der Waals surface area contributed by atoms with Gasteiger partial charge in [0.2, 0.25) is 0 Å². The summed E-state index contributed by atoms with van der Waals surface area (Å²) in [5.74, 6) is 4.32. The zero-order valence-corrected chi connectivity index (χ0v) is 16.4. The molecule has 0 heterocycles. The molecule has 134 valence electrons. The lowest BCUT2D eigenvalue weighted by molar-refractivity contribution is -0.146. The van der Waals surface area contributed by atoms with Crippen LogP contribution in [0, 0.1) is 45.8 Å². The number of fused-ring (bicyclic) bond motifs is 5. The molecule has 0 spiro atoms. The highest BCUT2D eigenvalue weighted by Crippen LogP contribution is 2.67. The molecule has 1 nitrogen and oxygen atoms in total. The Balaban J connectivity index is 1.72. The van der Waals surface area contributed by atoms with E-state index in [4.69, 9.17) is 0 Å². The van der Waals surface area contributed by atoms with E-state index in [1.165, 1.54) is 32.1 Å². The topological polar surface area (TPSA) is 17.1 Å². The number of hydrogen-bond acceptors (Lipinski definition) is 1. The third-order valence-corrected chi connectivity index (χ3v) is 9.49. The molecule has 0 bridgehead atoms. The van der Waals surface area contributed by atoms with Gasteiger partial charge in [-0.05, 0) is 72.5 Å². The quantitative estimate of drug-likeness (QED) is 0.537. The van der Waals surface area contributed by atoms with Crippen molar-refractivity contribution in [3.8, 4) is 0 Å². The second-order valence-electron chi connectivity index (χ2n) is 10.5. The van der Waals surface area contributed by atoms with Crippen molar-refractivity contribution >= 4 is 5.78 Å². The molecule has 3 fully saturated rings. The molecule has 0 saturated heterocycles. The Morgan fingerprint density at radius 3 is 2.38 bits per heavy atom. The Hall–Kier alpha value is -0.590. The summed E-state index contributed by atoms with van der Waals surface area (Å²) in [6.45, 7) is 11.9. The van der Waals surface area contributed by atoms with Crippen LogP contribution in [0.1, 0.15) is 79.6 Å². The molecule has 0 aromatic carbocycles. The maximum absolute atomic E-state index is 12.6. The highest BCUT2D eigenvalue weighted by molar-refractivity contribution is 5.85. The number of hydrogen-bond donors (Lipinski definition) is 0. The van der Waals surface area contributed by atoms with Gasteiger partial charge in [-0.1, -0.05) is 53.2 Å². The van der Waals surface area contributed by atoms with Gasteiger partial charge >= 0.3 is 0 Å². The van der Waals surface area contributed by atoms with Crippen LogP contribution in [0.2, 0.25) is 0 Å². The summed E-state index contributed by atoms with van der Waals surface area (Å²) in [7, 11) is 0. The predicted molar refractivity (Wildman–Crippen MR) is 99.6 cm³/mol. The molecule has 3 saturated carbocycles. The smallest absolute Gasteiger partial charge is 0.139 e. The molecule has 0 aliphatic heterocycles. The van der Waals surface area contributed by atoms with Gasteiger partial charge in [0, 0.05) is 11.8 Å². The van der Waals surface area contributed by atoms with Crippen LogP contribution in [0.3, 0.4) is 0 Å². The van der Waals surface area contributed by atoms with Crippen LogP contribution in [-0.4, -0.2) is 5.78 Å². The van der Waals surface area contributed by atoms with E-state index in [0.29, 0.717) is 22.5 Å². The van der Waals surface area contributed by atoms with Gasteiger partial charge in [0.05, 0.1) is 0 Å². The molecule has 0 aromatic rings. The Kier molecular flexibility index (Phi) is 3.66. The van der Waals surface area contributed by atoms with Crippen LogP contribution in [-0.2, 0) is 4.79 Å². The Morgan fingerprint density at radius 2 is 1.67 bits per heavy atom. The third-order valence-electron chi connectivity index (χ3n) is 9.49. The molecule has 0 N–H and O–H groups in total. The van der Waals surface area contributed by atoms with Gasteiger partial charge in [-0.15, -0.1) is 0 Å². The first-order valence-electron chi connectivity index (χ1n) is 10.5. The summed E-state index contributed by atoms with van der Waals surface area (Å²) in [5.41, 5.74) is 0.739. The largest absolute Gasteiger partial charge is 0.299 e. The molecule has 4 aliphatic rings. The molecule has 0 radical (unpaired) electrons. The molecule has 4 rings (SSSR count). The van der Waals surface area contributed by atoms with Crippen LogP contribution in [0.4, 0.5) is 0 Å². The summed E-state index contributed by atoms with van der Waals surface area (Å²) < 4.78 is 0. The van der Waals surface area contributed by atoms with Gasteiger partial charge in [0.25, 0.3) is 0 Å². The first kappa shape index (κ1) is 16.9. The second kappa shape index (κ2) is 5.21. The zero-order valence-electron chi connectivity index (χ0n) is 16.4. The van der Waals surface area contributed by atoms with E-state index in [1.807, 2.05) is 0 Å². The third kappa shape index (κ3) is 1.96. The van der Waals surface area contributed by atoms with Crippen molar-refractivity contribution in [2.75, 3.05) is 0 Å². The molecule has 1 heteroatoms. The van der Waals surface area contributed by atoms with Gasteiger partial charge in [-0.25, -0.2) is 0 Å². The summed E-state index contributed by atoms with van der Waals surface area (Å²) in [6, 6.07) is 0. The fourth-order valence-electron chi connectivity index (χ4n) is 7.99. The highest BCUT2D eigenvalue weighted by atomic mass is 16.1. The highest BCUT2D eigenvalue weighted by Gasteiger charge is 2.61. The van der Waals surface area contributed by atoms with E-state index in [1.54, 1.807) is 0 Å². The lowest BCUT2D eigenvalue weighted by atomic mass is 9.43. The predicted octanol–water partition coefficient (Wildman–Crippen LogP) is 6.04. The van der Waals surface area contributed by atoms with Crippen LogP contribution < -0.4 is 0 Å². The molecule has 7 atom stereocenters. The number of ketones is 1. The van der Waals surface area contributed by atoms with Gasteiger partial charge in [0.1, 0.15) is 5.78 Å². The van der Waals surface area contributed by atoms with Gasteiger partial charge in [-0.3, -0.25) is 4.79 Å². The Morgan fingerprint density at radius 1 is 0.958 bits per heavy atom. The first-order chi connectivity index (χ1) is 11.2. The fraction of sp³-hybridized carbons (Fsp3) is 0.870. The van der Waals surface area contributed by atoms with Crippen LogP contribution >= 0.6 is 0 Å². The number of Topliss-reactive ketones (excluding diaryl/α,β-unsaturated/α-hetero) is 1. The maximum Gasteiger partial charge on any atom is 0.139 e. The Bertz CT molecular complexity index is 573. The molecule has 0 amide bonds. The van der Waals surface area contributed by atoms with Crippen molar-refractivity contribution in [2.24, 2.45) is 45.8 Å². The van der Waals surface area contributed by atoms with E-state index < -0.39 is 0 Å². The number of rotatable bonds is 1. The minimum absolute atomic E-state index is 0.170. The summed E-state index contributed by atoms with van der Waals surface area (Å²) in [4.78, 5) is 12.6. The van der Waals surface area contributed by atoms with E-state index >= 15 is 0 Å². The molecule has 0 aromatic heterocycles. The van der Waals surface area contributed by atoms with Crippen LogP contribution in [0.25, 0.3) is 0 Å². The average molecular weight is 329 g/mol. The van der Waals surface area contributed by atoms with E-state index in [9.17, 15) is 4.79 Å². The van der Waals surface area contributed by atoms with E-state index in [2.05, 4.69) is 46.8 Å². The molecule has 24 heavy (non-hydrogen) atoms. The van der Waals surface area contributed by atoms with Crippen LogP contribution in [0.15, 0.2) is 12.2 Å². The lowest BCUT2D eigenvalue weighted by Gasteiger charge is -2.61. The first-order valence-corrected chi connectivity index (χ1v) is 10.5. The van der Waals surface area contributed by atoms with Crippen molar-refractivity contribution in [3.05, 3.63) is 12.2 Å². The maximum atomic E-state index is 12.6. The SMILES string of the molecule is CC[C@H]1CCC2C3C=CC4C(C)(C)C(=O)CC[C@]4(C)C3CC[C@@]21C. The summed E-state index contributed by atoms with van der Waals surface area (Å²) >= 11 is 0. The number of allylic oxidation sites excluding steroid dienone is 2. The van der Waals surface area contributed by atoms with Crippen molar-refractivity contribution in [1.82, 2.24) is 0 Å². The summed E-state index contributed by atoms with van der Waals surface area (Å²) in [5, 5.41) is 0. The minimum Gasteiger partial charge on any atom is -0.299 e.